The normalized spacial score (nSPS) is 14.2. The van der Waals surface area contributed by atoms with Crippen molar-refractivity contribution in [3.8, 4) is 0 Å². The highest BCUT2D eigenvalue weighted by Gasteiger charge is 2.29. The zero-order valence-corrected chi connectivity index (χ0v) is 9.59. The van der Waals surface area contributed by atoms with Gasteiger partial charge in [0.1, 0.15) is 5.82 Å². The number of halogens is 2. The van der Waals surface area contributed by atoms with Crippen LogP contribution in [-0.4, -0.2) is 11.1 Å². The predicted octanol–water partition coefficient (Wildman–Crippen LogP) is 3.30. The molecule has 1 aromatic carbocycles. The van der Waals surface area contributed by atoms with Crippen LogP contribution in [0.4, 0.5) is 4.39 Å². The Kier molecular flexibility index (Phi) is 3.70. The zero-order valence-electron chi connectivity index (χ0n) is 8.84. The molecule has 2 nitrogen and oxygen atoms in total. The molecule has 0 bridgehead atoms. The molecule has 86 valence electrons. The SMILES string of the molecule is C=CC(C)(Cc1ccc(Cl)c(F)c1)C(=O)O. The van der Waals surface area contributed by atoms with E-state index in [1.807, 2.05) is 0 Å². The van der Waals surface area contributed by atoms with Gasteiger partial charge in [-0.1, -0.05) is 23.7 Å². The van der Waals surface area contributed by atoms with Crippen LogP contribution < -0.4 is 0 Å². The maximum Gasteiger partial charge on any atom is 0.313 e. The number of benzene rings is 1. The van der Waals surface area contributed by atoms with Crippen molar-refractivity contribution in [1.82, 2.24) is 0 Å². The Morgan fingerprint density at radius 1 is 1.69 bits per heavy atom. The van der Waals surface area contributed by atoms with Gasteiger partial charge in [0.05, 0.1) is 10.4 Å². The lowest BCUT2D eigenvalue weighted by atomic mass is 9.84. The minimum absolute atomic E-state index is 0.0272. The monoisotopic (exact) mass is 242 g/mol. The Hall–Kier alpha value is -1.35. The fraction of sp³-hybridized carbons (Fsp3) is 0.250. The number of hydrogen-bond acceptors (Lipinski definition) is 1. The smallest absolute Gasteiger partial charge is 0.313 e. The molecule has 0 heterocycles. The van der Waals surface area contributed by atoms with Crippen molar-refractivity contribution in [3.05, 3.63) is 47.3 Å². The van der Waals surface area contributed by atoms with Gasteiger partial charge >= 0.3 is 5.97 Å². The molecule has 1 atom stereocenters. The summed E-state index contributed by atoms with van der Waals surface area (Å²) in [4.78, 5) is 11.0. The van der Waals surface area contributed by atoms with Crippen LogP contribution in [0.1, 0.15) is 12.5 Å². The second kappa shape index (κ2) is 4.66. The van der Waals surface area contributed by atoms with Crippen LogP contribution in [0.3, 0.4) is 0 Å². The molecule has 0 aliphatic rings. The Bertz CT molecular complexity index is 431. The lowest BCUT2D eigenvalue weighted by molar-refractivity contribution is -0.145. The average Bonchev–Trinajstić information content (AvgIpc) is 2.23. The van der Waals surface area contributed by atoms with Gasteiger partial charge in [0.15, 0.2) is 0 Å². The lowest BCUT2D eigenvalue weighted by Gasteiger charge is -2.20. The van der Waals surface area contributed by atoms with Gasteiger partial charge in [-0.15, -0.1) is 6.58 Å². The molecule has 0 saturated carbocycles. The van der Waals surface area contributed by atoms with E-state index in [9.17, 15) is 9.18 Å². The van der Waals surface area contributed by atoms with E-state index < -0.39 is 17.2 Å². The highest BCUT2D eigenvalue weighted by atomic mass is 35.5. The van der Waals surface area contributed by atoms with Crippen molar-refractivity contribution >= 4 is 17.6 Å². The number of aliphatic carboxylic acids is 1. The summed E-state index contributed by atoms with van der Waals surface area (Å²) in [6.45, 7) is 5.03. The number of hydrogen-bond donors (Lipinski definition) is 1. The Balaban J connectivity index is 2.99. The van der Waals surface area contributed by atoms with Gasteiger partial charge in [0, 0.05) is 0 Å². The Morgan fingerprint density at radius 3 is 2.75 bits per heavy atom. The van der Waals surface area contributed by atoms with Crippen LogP contribution in [-0.2, 0) is 11.2 Å². The molecule has 1 aromatic rings. The topological polar surface area (TPSA) is 37.3 Å². The molecule has 4 heteroatoms. The van der Waals surface area contributed by atoms with Crippen LogP contribution in [0.25, 0.3) is 0 Å². The standard InChI is InChI=1S/C12H12ClFO2/c1-3-12(2,11(15)16)7-8-4-5-9(13)10(14)6-8/h3-6H,1,7H2,2H3,(H,15,16). The van der Waals surface area contributed by atoms with Crippen molar-refractivity contribution < 1.29 is 14.3 Å². The highest BCUT2D eigenvalue weighted by molar-refractivity contribution is 6.30. The van der Waals surface area contributed by atoms with Crippen molar-refractivity contribution in [2.24, 2.45) is 5.41 Å². The molecule has 0 spiro atoms. The molecule has 0 aliphatic carbocycles. The van der Waals surface area contributed by atoms with E-state index in [0.29, 0.717) is 5.56 Å². The molecule has 0 amide bonds. The van der Waals surface area contributed by atoms with Gasteiger partial charge in [-0.05, 0) is 31.0 Å². The molecule has 0 aliphatic heterocycles. The third-order valence-corrected chi connectivity index (χ3v) is 2.80. The van der Waals surface area contributed by atoms with Crippen molar-refractivity contribution in [2.45, 2.75) is 13.3 Å². The lowest BCUT2D eigenvalue weighted by Crippen LogP contribution is -2.27. The summed E-state index contributed by atoms with van der Waals surface area (Å²) >= 11 is 5.54. The molecule has 0 aromatic heterocycles. The van der Waals surface area contributed by atoms with E-state index in [0.717, 1.165) is 0 Å². The van der Waals surface area contributed by atoms with Crippen LogP contribution in [0.5, 0.6) is 0 Å². The fourth-order valence-corrected chi connectivity index (χ4v) is 1.43. The fourth-order valence-electron chi connectivity index (χ4n) is 1.31. The first kappa shape index (κ1) is 12.7. The number of carboxylic acid groups (broad SMARTS) is 1. The average molecular weight is 243 g/mol. The first-order chi connectivity index (χ1) is 7.39. The molecule has 1 unspecified atom stereocenters. The molecule has 0 fully saturated rings. The molecule has 1 N–H and O–H groups in total. The van der Waals surface area contributed by atoms with E-state index in [4.69, 9.17) is 16.7 Å². The van der Waals surface area contributed by atoms with Crippen molar-refractivity contribution in [1.29, 1.82) is 0 Å². The number of carboxylic acids is 1. The maximum atomic E-state index is 13.2. The second-order valence-electron chi connectivity index (χ2n) is 3.85. The van der Waals surface area contributed by atoms with Crippen molar-refractivity contribution in [3.63, 3.8) is 0 Å². The highest BCUT2D eigenvalue weighted by Crippen LogP contribution is 2.26. The summed E-state index contributed by atoms with van der Waals surface area (Å²) in [5.41, 5.74) is -0.521. The van der Waals surface area contributed by atoms with Gasteiger partial charge in [-0.3, -0.25) is 4.79 Å². The van der Waals surface area contributed by atoms with Gasteiger partial charge in [0.2, 0.25) is 0 Å². The number of carbonyl (C=O) groups is 1. The van der Waals surface area contributed by atoms with Gasteiger partial charge in [-0.25, -0.2) is 4.39 Å². The molecule has 0 radical (unpaired) electrons. The van der Waals surface area contributed by atoms with E-state index in [1.165, 1.54) is 25.1 Å². The summed E-state index contributed by atoms with van der Waals surface area (Å²) in [7, 11) is 0. The maximum absolute atomic E-state index is 13.2. The van der Waals surface area contributed by atoms with Crippen LogP contribution in [0.15, 0.2) is 30.9 Å². The Morgan fingerprint density at radius 2 is 2.31 bits per heavy atom. The van der Waals surface area contributed by atoms with Gasteiger partial charge < -0.3 is 5.11 Å². The number of rotatable bonds is 4. The van der Waals surface area contributed by atoms with Gasteiger partial charge in [-0.2, -0.15) is 0 Å². The minimum Gasteiger partial charge on any atom is -0.481 e. The molecular weight excluding hydrogens is 231 g/mol. The van der Waals surface area contributed by atoms with E-state index in [2.05, 4.69) is 6.58 Å². The van der Waals surface area contributed by atoms with E-state index in [-0.39, 0.29) is 11.4 Å². The van der Waals surface area contributed by atoms with Crippen molar-refractivity contribution in [2.75, 3.05) is 0 Å². The van der Waals surface area contributed by atoms with Gasteiger partial charge in [0.25, 0.3) is 0 Å². The quantitative estimate of drug-likeness (QED) is 0.823. The van der Waals surface area contributed by atoms with Crippen LogP contribution in [0, 0.1) is 11.2 Å². The summed E-state index contributed by atoms with van der Waals surface area (Å²) in [6.07, 6.45) is 1.53. The molecule has 0 saturated heterocycles. The zero-order chi connectivity index (χ0) is 12.3. The van der Waals surface area contributed by atoms with Crippen LogP contribution >= 0.6 is 11.6 Å². The first-order valence-corrected chi connectivity index (χ1v) is 5.08. The molecule has 16 heavy (non-hydrogen) atoms. The predicted molar refractivity (Wildman–Crippen MR) is 61.1 cm³/mol. The third-order valence-electron chi connectivity index (χ3n) is 2.49. The summed E-state index contributed by atoms with van der Waals surface area (Å²) in [6, 6.07) is 4.26. The summed E-state index contributed by atoms with van der Waals surface area (Å²) < 4.78 is 13.2. The van der Waals surface area contributed by atoms with E-state index in [1.54, 1.807) is 6.07 Å². The minimum atomic E-state index is -1.10. The summed E-state index contributed by atoms with van der Waals surface area (Å²) in [5, 5.41) is 9.05. The molecule has 1 rings (SSSR count). The van der Waals surface area contributed by atoms with E-state index >= 15 is 0 Å². The largest absolute Gasteiger partial charge is 0.481 e. The van der Waals surface area contributed by atoms with Crippen LogP contribution in [0.2, 0.25) is 5.02 Å². The summed E-state index contributed by atoms with van der Waals surface area (Å²) in [5.74, 6) is -1.53. The molecular formula is C12H12ClFO2. The first-order valence-electron chi connectivity index (χ1n) is 4.70. The Labute approximate surface area is 98.4 Å². The second-order valence-corrected chi connectivity index (χ2v) is 4.26. The third kappa shape index (κ3) is 2.61.